The fourth-order valence-electron chi connectivity index (χ4n) is 2.37. The van der Waals surface area contributed by atoms with Gasteiger partial charge in [0.05, 0.1) is 36.2 Å². The molecule has 136 valence electrons. The highest BCUT2D eigenvalue weighted by Gasteiger charge is 2.17. The third-order valence-corrected chi connectivity index (χ3v) is 4.34. The number of nitrogens with one attached hydrogen (secondary N) is 2. The molecule has 26 heavy (non-hydrogen) atoms. The second-order valence-electron chi connectivity index (χ2n) is 5.26. The number of pyridine rings is 1. The molecule has 7 nitrogen and oxygen atoms in total. The summed E-state index contributed by atoms with van der Waals surface area (Å²) in [6.07, 6.45) is 5.02. The molecule has 0 radical (unpaired) electrons. The maximum Gasteiger partial charge on any atom is 0.278 e. The lowest BCUT2D eigenvalue weighted by Crippen LogP contribution is -2.26. The molecular weight excluding hydrogens is 359 g/mol. The van der Waals surface area contributed by atoms with Crippen molar-refractivity contribution in [2.45, 2.75) is 4.90 Å². The summed E-state index contributed by atoms with van der Waals surface area (Å²) in [5.41, 5.74) is 3.45. The van der Waals surface area contributed by atoms with Crippen LogP contribution in [0.2, 0.25) is 0 Å². The Labute approximate surface area is 153 Å². The van der Waals surface area contributed by atoms with Crippen molar-refractivity contribution >= 4 is 34.7 Å². The number of rotatable bonds is 7. The van der Waals surface area contributed by atoms with Crippen molar-refractivity contribution in [3.05, 3.63) is 54.2 Å². The van der Waals surface area contributed by atoms with E-state index >= 15 is 0 Å². The molecule has 0 bridgehead atoms. The molecule has 0 saturated carbocycles. The van der Waals surface area contributed by atoms with E-state index in [0.29, 0.717) is 5.82 Å². The third kappa shape index (κ3) is 3.79. The van der Waals surface area contributed by atoms with Crippen LogP contribution in [0.5, 0.6) is 0 Å². The number of hydrogen-bond donors (Lipinski definition) is 3. The van der Waals surface area contributed by atoms with Crippen molar-refractivity contribution in [3.8, 4) is 0 Å². The summed E-state index contributed by atoms with van der Waals surface area (Å²) < 4.78 is 16.0. The number of anilines is 2. The minimum Gasteiger partial charge on any atom is -0.394 e. The Bertz CT molecular complexity index is 932. The van der Waals surface area contributed by atoms with Crippen LogP contribution in [-0.4, -0.2) is 39.9 Å². The zero-order chi connectivity index (χ0) is 18.5. The maximum atomic E-state index is 14.4. The predicted molar refractivity (Wildman–Crippen MR) is 97.2 cm³/mol. The van der Waals surface area contributed by atoms with Crippen molar-refractivity contribution in [2.75, 3.05) is 24.8 Å². The van der Waals surface area contributed by atoms with Crippen LogP contribution in [0.3, 0.4) is 0 Å². The van der Waals surface area contributed by atoms with Crippen LogP contribution >= 0.6 is 11.8 Å². The Balaban J connectivity index is 1.98. The van der Waals surface area contributed by atoms with E-state index in [4.69, 9.17) is 9.94 Å². The molecule has 1 amide bonds. The number of aliphatic hydroxyl groups is 1. The van der Waals surface area contributed by atoms with Crippen LogP contribution in [0.15, 0.2) is 47.8 Å². The van der Waals surface area contributed by atoms with Gasteiger partial charge in [0.1, 0.15) is 18.0 Å². The molecule has 3 aromatic rings. The fourth-order valence-corrected chi connectivity index (χ4v) is 2.80. The highest BCUT2D eigenvalue weighted by atomic mass is 32.2. The summed E-state index contributed by atoms with van der Waals surface area (Å²) in [6, 6.07) is 8.12. The lowest BCUT2D eigenvalue weighted by molar-refractivity contribution is 0.0168. The Morgan fingerprint density at radius 1 is 1.38 bits per heavy atom. The molecule has 0 spiro atoms. The zero-order valence-electron chi connectivity index (χ0n) is 13.9. The monoisotopic (exact) mass is 376 g/mol. The molecule has 0 atom stereocenters. The molecule has 3 N–H and O–H groups in total. The number of thioether (sulfide) groups is 1. The topological polar surface area (TPSA) is 87.9 Å². The number of hydrogen-bond acceptors (Lipinski definition) is 6. The number of imidazole rings is 1. The first kappa shape index (κ1) is 18.2. The normalized spacial score (nSPS) is 10.9. The predicted octanol–water partition coefficient (Wildman–Crippen LogP) is 2.59. The zero-order valence-corrected chi connectivity index (χ0v) is 14.7. The molecule has 0 unspecified atom stereocenters. The van der Waals surface area contributed by atoms with E-state index in [-0.39, 0.29) is 24.5 Å². The quantitative estimate of drug-likeness (QED) is 0.334. The lowest BCUT2D eigenvalue weighted by atomic mass is 10.2. The van der Waals surface area contributed by atoms with Crippen LogP contribution < -0.4 is 10.8 Å². The van der Waals surface area contributed by atoms with E-state index in [9.17, 15) is 9.18 Å². The number of carbonyl (C=O) groups is 1. The molecule has 0 fully saturated rings. The first-order chi connectivity index (χ1) is 12.6. The van der Waals surface area contributed by atoms with Crippen molar-refractivity contribution in [1.82, 2.24) is 14.9 Å². The van der Waals surface area contributed by atoms with E-state index in [2.05, 4.69) is 15.8 Å². The van der Waals surface area contributed by atoms with Gasteiger partial charge < -0.3 is 10.4 Å². The van der Waals surface area contributed by atoms with Crippen LogP contribution in [0, 0.1) is 5.82 Å². The van der Waals surface area contributed by atoms with Gasteiger partial charge in [-0.3, -0.25) is 14.0 Å². The van der Waals surface area contributed by atoms with Gasteiger partial charge in [-0.05, 0) is 36.6 Å². The number of fused-ring (bicyclic) bond motifs is 1. The summed E-state index contributed by atoms with van der Waals surface area (Å²) >= 11 is 1.44. The number of carbonyl (C=O) groups excluding carboxylic acids is 1. The van der Waals surface area contributed by atoms with Gasteiger partial charge in [-0.1, -0.05) is 0 Å². The van der Waals surface area contributed by atoms with Gasteiger partial charge >= 0.3 is 0 Å². The van der Waals surface area contributed by atoms with Gasteiger partial charge in [-0.15, -0.1) is 11.8 Å². The molecule has 9 heteroatoms. The van der Waals surface area contributed by atoms with Gasteiger partial charge in [-0.2, -0.15) is 0 Å². The molecule has 3 rings (SSSR count). The molecule has 0 aliphatic heterocycles. The van der Waals surface area contributed by atoms with Crippen LogP contribution in [0.1, 0.15) is 10.4 Å². The molecule has 2 heterocycles. The van der Waals surface area contributed by atoms with Gasteiger partial charge in [0.25, 0.3) is 5.91 Å². The molecule has 1 aromatic carbocycles. The van der Waals surface area contributed by atoms with Crippen LogP contribution in [0.25, 0.3) is 5.52 Å². The Morgan fingerprint density at radius 3 is 2.96 bits per heavy atom. The van der Waals surface area contributed by atoms with Gasteiger partial charge in [0.15, 0.2) is 0 Å². The number of aliphatic hydroxyl groups excluding tert-OH is 1. The van der Waals surface area contributed by atoms with Crippen molar-refractivity contribution in [1.29, 1.82) is 0 Å². The number of nitrogens with zero attached hydrogens (tertiary/aromatic N) is 2. The number of amides is 1. The van der Waals surface area contributed by atoms with E-state index in [0.717, 1.165) is 10.4 Å². The number of aromatic nitrogens is 2. The second-order valence-corrected chi connectivity index (χ2v) is 6.14. The van der Waals surface area contributed by atoms with E-state index in [1.807, 2.05) is 6.26 Å². The molecule has 2 aromatic heterocycles. The summed E-state index contributed by atoms with van der Waals surface area (Å²) in [4.78, 5) is 22.1. The van der Waals surface area contributed by atoms with Gasteiger partial charge in [0.2, 0.25) is 0 Å². The molecular formula is C17H17FN4O3S. The minimum atomic E-state index is -0.530. The summed E-state index contributed by atoms with van der Waals surface area (Å²) in [6.45, 7) is -0.258. The third-order valence-electron chi connectivity index (χ3n) is 3.62. The fraction of sp³-hybridized carbons (Fsp3) is 0.176. The van der Waals surface area contributed by atoms with Crippen molar-refractivity contribution < 1.29 is 19.1 Å². The first-order valence-electron chi connectivity index (χ1n) is 7.72. The van der Waals surface area contributed by atoms with Crippen molar-refractivity contribution in [2.24, 2.45) is 0 Å². The highest BCUT2D eigenvalue weighted by molar-refractivity contribution is 7.98. The lowest BCUT2D eigenvalue weighted by Gasteiger charge is -2.15. The van der Waals surface area contributed by atoms with E-state index in [1.165, 1.54) is 24.2 Å². The largest absolute Gasteiger partial charge is 0.394 e. The molecule has 0 saturated heterocycles. The van der Waals surface area contributed by atoms with E-state index < -0.39 is 11.7 Å². The van der Waals surface area contributed by atoms with Gasteiger partial charge in [-0.25, -0.2) is 14.9 Å². The first-order valence-corrected chi connectivity index (χ1v) is 8.95. The van der Waals surface area contributed by atoms with Gasteiger partial charge in [0, 0.05) is 4.90 Å². The molecule has 0 aliphatic carbocycles. The van der Waals surface area contributed by atoms with Crippen LogP contribution in [-0.2, 0) is 4.84 Å². The standard InChI is InChI=1S/C17H17FN4O3S/c1-26-12-3-5-15(14(18)8-12)20-16-13(17(24)21-25-7-6-23)4-2-11-9-19-10-22(11)16/h2-5,8-10,20,23H,6-7H2,1H3,(H,21,24). The van der Waals surface area contributed by atoms with Crippen LogP contribution in [0.4, 0.5) is 15.9 Å². The SMILES string of the molecule is CSc1ccc(Nc2c(C(=O)NOCCO)ccc3cncn23)c(F)c1. The Hall–Kier alpha value is -2.62. The Kier molecular flexibility index (Phi) is 5.71. The average Bonchev–Trinajstić information content (AvgIpc) is 3.12. The summed E-state index contributed by atoms with van der Waals surface area (Å²) in [7, 11) is 0. The number of hydroxylamine groups is 1. The number of halogens is 1. The summed E-state index contributed by atoms with van der Waals surface area (Å²) in [5.74, 6) is -0.615. The van der Waals surface area contributed by atoms with Crippen molar-refractivity contribution in [3.63, 3.8) is 0 Å². The average molecular weight is 376 g/mol. The highest BCUT2D eigenvalue weighted by Crippen LogP contribution is 2.27. The minimum absolute atomic E-state index is 0.0351. The summed E-state index contributed by atoms with van der Waals surface area (Å²) in [5, 5.41) is 11.7. The smallest absolute Gasteiger partial charge is 0.278 e. The molecule has 0 aliphatic rings. The maximum absolute atomic E-state index is 14.4. The Morgan fingerprint density at radius 2 is 2.23 bits per heavy atom. The number of benzene rings is 1. The second kappa shape index (κ2) is 8.17. The van der Waals surface area contributed by atoms with E-state index in [1.54, 1.807) is 34.9 Å².